The summed E-state index contributed by atoms with van der Waals surface area (Å²) in [7, 11) is 1.90. The molecule has 2 rings (SSSR count). The van der Waals surface area contributed by atoms with Crippen LogP contribution in [0.4, 0.5) is 0 Å². The quantitative estimate of drug-likeness (QED) is 0.852. The standard InChI is InChI=1S/C13H16N2O/c1-10-4-3-5-11(6-10)7-13(16)12-8-15(2)9-14-12/h3-6,8-9,13,16H,7H2,1-2H3. The summed E-state index contributed by atoms with van der Waals surface area (Å²) in [4.78, 5) is 4.15. The highest BCUT2D eigenvalue weighted by Gasteiger charge is 2.10. The molecule has 3 nitrogen and oxygen atoms in total. The van der Waals surface area contributed by atoms with Crippen molar-refractivity contribution in [3.8, 4) is 0 Å². The lowest BCUT2D eigenvalue weighted by Crippen LogP contribution is -2.02. The van der Waals surface area contributed by atoms with E-state index in [0.29, 0.717) is 6.42 Å². The Morgan fingerprint density at radius 3 is 2.88 bits per heavy atom. The maximum atomic E-state index is 10.0. The summed E-state index contributed by atoms with van der Waals surface area (Å²) in [5.74, 6) is 0. The zero-order valence-electron chi connectivity index (χ0n) is 9.59. The molecule has 0 aliphatic heterocycles. The van der Waals surface area contributed by atoms with E-state index in [1.165, 1.54) is 5.56 Å². The molecule has 84 valence electrons. The molecule has 1 unspecified atom stereocenters. The Hall–Kier alpha value is -1.61. The fourth-order valence-corrected chi connectivity index (χ4v) is 1.77. The van der Waals surface area contributed by atoms with Crippen LogP contribution < -0.4 is 0 Å². The summed E-state index contributed by atoms with van der Waals surface area (Å²) >= 11 is 0. The van der Waals surface area contributed by atoms with E-state index in [1.54, 1.807) is 6.33 Å². The summed E-state index contributed by atoms with van der Waals surface area (Å²) in [6.45, 7) is 2.05. The van der Waals surface area contributed by atoms with E-state index in [2.05, 4.69) is 24.0 Å². The van der Waals surface area contributed by atoms with Crippen molar-refractivity contribution in [3.05, 3.63) is 53.6 Å². The number of hydrogen-bond donors (Lipinski definition) is 1. The maximum absolute atomic E-state index is 10.0. The summed E-state index contributed by atoms with van der Waals surface area (Å²) in [6.07, 6.45) is 3.64. The molecule has 0 bridgehead atoms. The second kappa shape index (κ2) is 4.49. The molecule has 0 saturated heterocycles. The smallest absolute Gasteiger partial charge is 0.101 e. The van der Waals surface area contributed by atoms with E-state index in [9.17, 15) is 5.11 Å². The van der Waals surface area contributed by atoms with Gasteiger partial charge >= 0.3 is 0 Å². The third-order valence-corrected chi connectivity index (χ3v) is 2.58. The number of aliphatic hydroxyl groups excluding tert-OH is 1. The van der Waals surface area contributed by atoms with Crippen molar-refractivity contribution in [1.29, 1.82) is 0 Å². The van der Waals surface area contributed by atoms with Crippen molar-refractivity contribution < 1.29 is 5.11 Å². The summed E-state index contributed by atoms with van der Waals surface area (Å²) < 4.78 is 1.84. The van der Waals surface area contributed by atoms with Crippen LogP contribution in [-0.2, 0) is 13.5 Å². The lowest BCUT2D eigenvalue weighted by molar-refractivity contribution is 0.174. The van der Waals surface area contributed by atoms with Crippen molar-refractivity contribution in [2.45, 2.75) is 19.4 Å². The van der Waals surface area contributed by atoms with E-state index >= 15 is 0 Å². The van der Waals surface area contributed by atoms with Crippen molar-refractivity contribution in [3.63, 3.8) is 0 Å². The van der Waals surface area contributed by atoms with Crippen molar-refractivity contribution in [2.24, 2.45) is 7.05 Å². The van der Waals surface area contributed by atoms with E-state index in [-0.39, 0.29) is 0 Å². The van der Waals surface area contributed by atoms with Gasteiger partial charge in [0.1, 0.15) is 6.10 Å². The van der Waals surface area contributed by atoms with E-state index < -0.39 is 6.10 Å². The van der Waals surface area contributed by atoms with E-state index in [0.717, 1.165) is 11.3 Å². The molecular formula is C13H16N2O. The average molecular weight is 216 g/mol. The van der Waals surface area contributed by atoms with Crippen LogP contribution >= 0.6 is 0 Å². The molecule has 1 aromatic carbocycles. The lowest BCUT2D eigenvalue weighted by Gasteiger charge is -2.08. The average Bonchev–Trinajstić information content (AvgIpc) is 2.65. The molecule has 0 saturated carbocycles. The lowest BCUT2D eigenvalue weighted by atomic mass is 10.0. The summed E-state index contributed by atoms with van der Waals surface area (Å²) in [5, 5.41) is 10.0. The second-order valence-corrected chi connectivity index (χ2v) is 4.17. The van der Waals surface area contributed by atoms with Crippen LogP contribution in [0.15, 0.2) is 36.8 Å². The SMILES string of the molecule is Cc1cccc(CC(O)c2cn(C)cn2)c1. The molecule has 16 heavy (non-hydrogen) atoms. The molecule has 0 aliphatic rings. The molecule has 0 aliphatic carbocycles. The Bertz CT molecular complexity index is 476. The Balaban J connectivity index is 2.10. The minimum absolute atomic E-state index is 0.525. The van der Waals surface area contributed by atoms with Crippen LogP contribution in [0.2, 0.25) is 0 Å². The van der Waals surface area contributed by atoms with Gasteiger partial charge in [-0.15, -0.1) is 0 Å². The molecule has 1 N–H and O–H groups in total. The minimum Gasteiger partial charge on any atom is -0.386 e. The number of aromatic nitrogens is 2. The molecule has 1 aromatic heterocycles. The second-order valence-electron chi connectivity index (χ2n) is 4.17. The molecule has 1 atom stereocenters. The van der Waals surface area contributed by atoms with Gasteiger partial charge in [-0.3, -0.25) is 0 Å². The van der Waals surface area contributed by atoms with Gasteiger partial charge in [-0.25, -0.2) is 4.98 Å². The number of aliphatic hydroxyl groups is 1. The number of imidazole rings is 1. The van der Waals surface area contributed by atoms with Crippen LogP contribution in [-0.4, -0.2) is 14.7 Å². The number of rotatable bonds is 3. The third-order valence-electron chi connectivity index (χ3n) is 2.58. The summed E-state index contributed by atoms with van der Waals surface area (Å²) in [5.41, 5.74) is 3.08. The van der Waals surface area contributed by atoms with Gasteiger partial charge in [-0.1, -0.05) is 29.8 Å². The Morgan fingerprint density at radius 1 is 1.44 bits per heavy atom. The van der Waals surface area contributed by atoms with Gasteiger partial charge in [-0.2, -0.15) is 0 Å². The third kappa shape index (κ3) is 2.49. The predicted octanol–water partition coefficient (Wildman–Crippen LogP) is 2.00. The molecule has 0 spiro atoms. The first kappa shape index (κ1) is 10.9. The van der Waals surface area contributed by atoms with Gasteiger partial charge in [0.25, 0.3) is 0 Å². The van der Waals surface area contributed by atoms with Crippen LogP contribution in [0.3, 0.4) is 0 Å². The van der Waals surface area contributed by atoms with Gasteiger partial charge in [-0.05, 0) is 12.5 Å². The normalized spacial score (nSPS) is 12.7. The highest BCUT2D eigenvalue weighted by atomic mass is 16.3. The number of aryl methyl sites for hydroxylation is 2. The first-order valence-electron chi connectivity index (χ1n) is 5.36. The fraction of sp³-hybridized carbons (Fsp3) is 0.308. The first-order valence-corrected chi connectivity index (χ1v) is 5.36. The van der Waals surface area contributed by atoms with Gasteiger partial charge < -0.3 is 9.67 Å². The topological polar surface area (TPSA) is 38.0 Å². The minimum atomic E-state index is -0.525. The van der Waals surface area contributed by atoms with Gasteiger partial charge in [0.15, 0.2) is 0 Å². The maximum Gasteiger partial charge on any atom is 0.101 e. The monoisotopic (exact) mass is 216 g/mol. The highest BCUT2D eigenvalue weighted by molar-refractivity contribution is 5.23. The molecule has 3 heteroatoms. The van der Waals surface area contributed by atoms with Crippen LogP contribution in [0.1, 0.15) is 22.9 Å². The number of nitrogens with zero attached hydrogens (tertiary/aromatic N) is 2. The zero-order chi connectivity index (χ0) is 11.5. The molecule has 0 radical (unpaired) electrons. The number of benzene rings is 1. The predicted molar refractivity (Wildman–Crippen MR) is 63.1 cm³/mol. The first-order chi connectivity index (χ1) is 7.65. The van der Waals surface area contributed by atoms with Gasteiger partial charge in [0.2, 0.25) is 0 Å². The van der Waals surface area contributed by atoms with Crippen LogP contribution in [0, 0.1) is 6.92 Å². The van der Waals surface area contributed by atoms with Gasteiger partial charge in [0.05, 0.1) is 12.0 Å². The molecule has 0 amide bonds. The van der Waals surface area contributed by atoms with E-state index in [1.807, 2.05) is 29.9 Å². The van der Waals surface area contributed by atoms with Gasteiger partial charge in [0, 0.05) is 19.7 Å². The Morgan fingerprint density at radius 2 is 2.25 bits per heavy atom. The van der Waals surface area contributed by atoms with Crippen molar-refractivity contribution in [2.75, 3.05) is 0 Å². The van der Waals surface area contributed by atoms with Crippen LogP contribution in [0.5, 0.6) is 0 Å². The Labute approximate surface area is 95.4 Å². The number of hydrogen-bond acceptors (Lipinski definition) is 2. The van der Waals surface area contributed by atoms with Crippen molar-refractivity contribution in [1.82, 2.24) is 9.55 Å². The highest BCUT2D eigenvalue weighted by Crippen LogP contribution is 2.16. The van der Waals surface area contributed by atoms with E-state index in [4.69, 9.17) is 0 Å². The Kier molecular flexibility index (Phi) is 3.06. The zero-order valence-corrected chi connectivity index (χ0v) is 9.59. The fourth-order valence-electron chi connectivity index (χ4n) is 1.77. The molecule has 0 fully saturated rings. The molecule has 1 heterocycles. The largest absolute Gasteiger partial charge is 0.386 e. The van der Waals surface area contributed by atoms with Crippen molar-refractivity contribution >= 4 is 0 Å². The van der Waals surface area contributed by atoms with Crippen LogP contribution in [0.25, 0.3) is 0 Å². The molecule has 2 aromatic rings. The summed E-state index contributed by atoms with van der Waals surface area (Å²) in [6, 6.07) is 8.18. The molecular weight excluding hydrogens is 200 g/mol.